The van der Waals surface area contributed by atoms with Crippen LogP contribution in [0, 0.1) is 0 Å². The topological polar surface area (TPSA) is 38.5 Å². The molecule has 0 aromatic heterocycles. The smallest absolute Gasteiger partial charge is 0.0588 e. The number of ether oxygens (including phenoxy) is 1. The molecule has 1 saturated carbocycles. The van der Waals surface area contributed by atoms with Gasteiger partial charge in [0.25, 0.3) is 0 Å². The minimum Gasteiger partial charge on any atom is -0.378 e. The summed E-state index contributed by atoms with van der Waals surface area (Å²) in [6.45, 7) is 2.92. The SMILES string of the molecule is CN(CCC1CCCO1)C1(CN)CCCC1. The molecule has 2 aliphatic rings. The first kappa shape index (κ1) is 12.3. The molecule has 16 heavy (non-hydrogen) atoms. The summed E-state index contributed by atoms with van der Waals surface area (Å²) < 4.78 is 5.67. The molecule has 2 fully saturated rings. The summed E-state index contributed by atoms with van der Waals surface area (Å²) >= 11 is 0. The van der Waals surface area contributed by atoms with Crippen molar-refractivity contribution in [3.63, 3.8) is 0 Å². The highest BCUT2D eigenvalue weighted by Crippen LogP contribution is 2.33. The van der Waals surface area contributed by atoms with E-state index in [1.54, 1.807) is 0 Å². The lowest BCUT2D eigenvalue weighted by Gasteiger charge is -2.38. The first-order valence-electron chi connectivity index (χ1n) is 6.80. The molecule has 1 heterocycles. The van der Waals surface area contributed by atoms with Crippen LogP contribution in [0.4, 0.5) is 0 Å². The van der Waals surface area contributed by atoms with E-state index in [0.717, 1.165) is 19.7 Å². The zero-order valence-electron chi connectivity index (χ0n) is 10.6. The maximum absolute atomic E-state index is 5.98. The van der Waals surface area contributed by atoms with Crippen LogP contribution in [0.2, 0.25) is 0 Å². The normalized spacial score (nSPS) is 29.1. The third-order valence-corrected chi connectivity index (χ3v) is 4.53. The summed E-state index contributed by atoms with van der Waals surface area (Å²) in [7, 11) is 2.24. The molecule has 0 aromatic carbocycles. The standard InChI is InChI=1S/C13H26N2O/c1-15(9-6-12-5-4-10-16-12)13(11-14)7-2-3-8-13/h12H,2-11,14H2,1H3. The Labute approximate surface area is 99.3 Å². The lowest BCUT2D eigenvalue weighted by Crippen LogP contribution is -2.50. The minimum absolute atomic E-state index is 0.304. The predicted molar refractivity (Wildman–Crippen MR) is 66.5 cm³/mol. The highest BCUT2D eigenvalue weighted by Gasteiger charge is 2.36. The maximum Gasteiger partial charge on any atom is 0.0588 e. The van der Waals surface area contributed by atoms with Crippen LogP contribution in [0.15, 0.2) is 0 Å². The van der Waals surface area contributed by atoms with Crippen molar-refractivity contribution in [1.82, 2.24) is 4.90 Å². The molecule has 0 bridgehead atoms. The average molecular weight is 226 g/mol. The number of hydrogen-bond donors (Lipinski definition) is 1. The van der Waals surface area contributed by atoms with E-state index in [9.17, 15) is 0 Å². The summed E-state index contributed by atoms with van der Waals surface area (Å²) in [6.07, 6.45) is 9.46. The molecule has 1 aliphatic heterocycles. The highest BCUT2D eigenvalue weighted by molar-refractivity contribution is 4.94. The third-order valence-electron chi connectivity index (χ3n) is 4.53. The van der Waals surface area contributed by atoms with Gasteiger partial charge in [-0.3, -0.25) is 4.90 Å². The number of likely N-dealkylation sites (N-methyl/N-ethyl adjacent to an activating group) is 1. The van der Waals surface area contributed by atoms with Crippen LogP contribution in [0.5, 0.6) is 0 Å². The van der Waals surface area contributed by atoms with Crippen molar-refractivity contribution < 1.29 is 4.74 Å². The number of nitrogens with two attached hydrogens (primary N) is 1. The maximum atomic E-state index is 5.98. The first-order chi connectivity index (χ1) is 7.77. The largest absolute Gasteiger partial charge is 0.378 e. The van der Waals surface area contributed by atoms with Gasteiger partial charge < -0.3 is 10.5 Å². The molecule has 1 unspecified atom stereocenters. The van der Waals surface area contributed by atoms with E-state index in [0.29, 0.717) is 11.6 Å². The minimum atomic E-state index is 0.304. The number of nitrogens with zero attached hydrogens (tertiary/aromatic N) is 1. The van der Waals surface area contributed by atoms with Gasteiger partial charge in [0.2, 0.25) is 0 Å². The van der Waals surface area contributed by atoms with Gasteiger partial charge in [0.15, 0.2) is 0 Å². The van der Waals surface area contributed by atoms with Crippen LogP contribution >= 0.6 is 0 Å². The van der Waals surface area contributed by atoms with Gasteiger partial charge in [-0.05, 0) is 39.2 Å². The van der Waals surface area contributed by atoms with E-state index >= 15 is 0 Å². The zero-order valence-corrected chi connectivity index (χ0v) is 10.6. The number of hydrogen-bond acceptors (Lipinski definition) is 3. The molecule has 0 amide bonds. The van der Waals surface area contributed by atoms with Crippen molar-refractivity contribution in [3.8, 4) is 0 Å². The van der Waals surface area contributed by atoms with Crippen molar-refractivity contribution in [3.05, 3.63) is 0 Å². The summed E-state index contributed by atoms with van der Waals surface area (Å²) in [4.78, 5) is 2.50. The Hall–Kier alpha value is -0.120. The molecule has 0 radical (unpaired) electrons. The summed E-state index contributed by atoms with van der Waals surface area (Å²) in [5.74, 6) is 0. The zero-order chi connectivity index (χ0) is 11.4. The van der Waals surface area contributed by atoms with Crippen LogP contribution in [0.1, 0.15) is 44.9 Å². The van der Waals surface area contributed by atoms with Gasteiger partial charge >= 0.3 is 0 Å². The molecule has 94 valence electrons. The molecule has 3 nitrogen and oxygen atoms in total. The second-order valence-electron chi connectivity index (χ2n) is 5.48. The molecule has 3 heteroatoms. The van der Waals surface area contributed by atoms with Crippen molar-refractivity contribution in [1.29, 1.82) is 0 Å². The van der Waals surface area contributed by atoms with Gasteiger partial charge in [-0.25, -0.2) is 0 Å². The summed E-state index contributed by atoms with van der Waals surface area (Å²) in [5.41, 5.74) is 6.28. The molecule has 2 N–H and O–H groups in total. The third kappa shape index (κ3) is 2.58. The number of rotatable bonds is 5. The molecule has 2 rings (SSSR count). The van der Waals surface area contributed by atoms with E-state index < -0.39 is 0 Å². The van der Waals surface area contributed by atoms with Gasteiger partial charge in [-0.15, -0.1) is 0 Å². The van der Waals surface area contributed by atoms with E-state index in [1.165, 1.54) is 44.9 Å². The predicted octanol–water partition coefficient (Wildman–Crippen LogP) is 1.76. The van der Waals surface area contributed by atoms with Crippen LogP contribution in [-0.2, 0) is 4.74 Å². The van der Waals surface area contributed by atoms with Crippen molar-refractivity contribution >= 4 is 0 Å². The molecule has 0 spiro atoms. The lowest BCUT2D eigenvalue weighted by molar-refractivity contribution is 0.0710. The molecule has 1 atom stereocenters. The molecule has 1 saturated heterocycles. The molecule has 0 aromatic rings. The summed E-state index contributed by atoms with van der Waals surface area (Å²) in [6, 6.07) is 0. The van der Waals surface area contributed by atoms with E-state index in [1.807, 2.05) is 0 Å². The fourth-order valence-electron chi connectivity index (χ4n) is 3.22. The monoisotopic (exact) mass is 226 g/mol. The van der Waals surface area contributed by atoms with Crippen molar-refractivity contribution in [2.45, 2.75) is 56.6 Å². The van der Waals surface area contributed by atoms with E-state index in [-0.39, 0.29) is 0 Å². The Bertz CT molecular complexity index is 208. The molecule has 1 aliphatic carbocycles. The molecular formula is C13H26N2O. The Balaban J connectivity index is 1.78. The fraction of sp³-hybridized carbons (Fsp3) is 1.00. The van der Waals surface area contributed by atoms with Gasteiger partial charge in [0, 0.05) is 25.2 Å². The van der Waals surface area contributed by atoms with Crippen LogP contribution < -0.4 is 5.73 Å². The van der Waals surface area contributed by atoms with E-state index in [2.05, 4.69) is 11.9 Å². The Morgan fingerprint density at radius 1 is 1.31 bits per heavy atom. The second-order valence-corrected chi connectivity index (χ2v) is 5.48. The fourth-order valence-corrected chi connectivity index (χ4v) is 3.22. The van der Waals surface area contributed by atoms with Crippen molar-refractivity contribution in [2.24, 2.45) is 5.73 Å². The van der Waals surface area contributed by atoms with Gasteiger partial charge in [-0.2, -0.15) is 0 Å². The van der Waals surface area contributed by atoms with Crippen LogP contribution in [0.3, 0.4) is 0 Å². The lowest BCUT2D eigenvalue weighted by atomic mass is 9.95. The Morgan fingerprint density at radius 2 is 2.06 bits per heavy atom. The van der Waals surface area contributed by atoms with Crippen LogP contribution in [0.25, 0.3) is 0 Å². The average Bonchev–Trinajstić information content (AvgIpc) is 2.97. The second kappa shape index (κ2) is 5.48. The van der Waals surface area contributed by atoms with Gasteiger partial charge in [-0.1, -0.05) is 12.8 Å². The summed E-state index contributed by atoms with van der Waals surface area (Å²) in [5, 5.41) is 0. The quantitative estimate of drug-likeness (QED) is 0.776. The van der Waals surface area contributed by atoms with E-state index in [4.69, 9.17) is 10.5 Å². The van der Waals surface area contributed by atoms with Gasteiger partial charge in [0.1, 0.15) is 0 Å². The Morgan fingerprint density at radius 3 is 2.62 bits per heavy atom. The first-order valence-corrected chi connectivity index (χ1v) is 6.80. The van der Waals surface area contributed by atoms with Crippen LogP contribution in [-0.4, -0.2) is 43.3 Å². The van der Waals surface area contributed by atoms with Crippen molar-refractivity contribution in [2.75, 3.05) is 26.7 Å². The highest BCUT2D eigenvalue weighted by atomic mass is 16.5. The Kier molecular flexibility index (Phi) is 4.22. The van der Waals surface area contributed by atoms with Gasteiger partial charge in [0.05, 0.1) is 6.10 Å². The molecular weight excluding hydrogens is 200 g/mol.